The van der Waals surface area contributed by atoms with Gasteiger partial charge in [0.1, 0.15) is 9.84 Å². The lowest BCUT2D eigenvalue weighted by Gasteiger charge is -2.24. The van der Waals surface area contributed by atoms with Crippen molar-refractivity contribution in [3.63, 3.8) is 0 Å². The number of hydrogen-bond donors (Lipinski definition) is 1. The summed E-state index contributed by atoms with van der Waals surface area (Å²) in [5.41, 5.74) is 5.46. The molecule has 16 heavy (non-hydrogen) atoms. The first-order chi connectivity index (χ1) is 7.28. The highest BCUT2D eigenvalue weighted by Gasteiger charge is 2.12. The van der Waals surface area contributed by atoms with Crippen LogP contribution in [0, 0.1) is 0 Å². The fraction of sp³-hybridized carbons (Fsp3) is 0.900. The van der Waals surface area contributed by atoms with Gasteiger partial charge < -0.3 is 10.6 Å². The topological polar surface area (TPSA) is 63.4 Å². The van der Waals surface area contributed by atoms with Gasteiger partial charge in [-0.25, -0.2) is 8.42 Å². The standard InChI is InChI=1S/C10H22N2O2S2/c1-4-16(13,14)7-5-6-12(3)9(2)8-10(11)15/h9H,4-8H2,1-3H3,(H2,11,15). The Morgan fingerprint density at radius 3 is 2.50 bits per heavy atom. The van der Waals surface area contributed by atoms with Gasteiger partial charge in [0.15, 0.2) is 0 Å². The molecule has 1 atom stereocenters. The molecule has 0 saturated heterocycles. The highest BCUT2D eigenvalue weighted by Crippen LogP contribution is 2.03. The van der Waals surface area contributed by atoms with Gasteiger partial charge in [-0.3, -0.25) is 0 Å². The van der Waals surface area contributed by atoms with Crippen molar-refractivity contribution >= 4 is 27.0 Å². The lowest BCUT2D eigenvalue weighted by Crippen LogP contribution is -2.34. The number of hydrogen-bond acceptors (Lipinski definition) is 4. The maximum absolute atomic E-state index is 11.3. The molecule has 0 radical (unpaired) electrons. The van der Waals surface area contributed by atoms with Gasteiger partial charge in [0.25, 0.3) is 0 Å². The summed E-state index contributed by atoms with van der Waals surface area (Å²) in [6, 6.07) is 0.266. The van der Waals surface area contributed by atoms with Crippen molar-refractivity contribution in [1.29, 1.82) is 0 Å². The molecule has 0 aromatic carbocycles. The van der Waals surface area contributed by atoms with Crippen LogP contribution in [0.15, 0.2) is 0 Å². The molecular weight excluding hydrogens is 244 g/mol. The molecule has 0 aliphatic rings. The van der Waals surface area contributed by atoms with Crippen molar-refractivity contribution in [3.8, 4) is 0 Å². The van der Waals surface area contributed by atoms with E-state index in [1.165, 1.54) is 0 Å². The van der Waals surface area contributed by atoms with Crippen LogP contribution in [-0.2, 0) is 9.84 Å². The van der Waals surface area contributed by atoms with E-state index in [2.05, 4.69) is 4.90 Å². The number of thiocarbonyl (C=S) groups is 1. The second-order valence-electron chi connectivity index (χ2n) is 4.09. The summed E-state index contributed by atoms with van der Waals surface area (Å²) in [5.74, 6) is 0.479. The number of nitrogens with zero attached hydrogens (tertiary/aromatic N) is 1. The first-order valence-corrected chi connectivity index (χ1v) is 7.70. The number of nitrogens with two attached hydrogens (primary N) is 1. The Morgan fingerprint density at radius 2 is 2.06 bits per heavy atom. The highest BCUT2D eigenvalue weighted by molar-refractivity contribution is 7.91. The summed E-state index contributed by atoms with van der Waals surface area (Å²) in [4.78, 5) is 2.59. The molecule has 0 heterocycles. The van der Waals surface area contributed by atoms with Gasteiger partial charge in [0.2, 0.25) is 0 Å². The monoisotopic (exact) mass is 266 g/mol. The van der Waals surface area contributed by atoms with Crippen molar-refractivity contribution in [2.75, 3.05) is 25.1 Å². The smallest absolute Gasteiger partial charge is 0.150 e. The summed E-state index contributed by atoms with van der Waals surface area (Å²) in [7, 11) is -0.881. The summed E-state index contributed by atoms with van der Waals surface area (Å²) in [6.45, 7) is 4.46. The van der Waals surface area contributed by atoms with E-state index in [-0.39, 0.29) is 17.5 Å². The van der Waals surface area contributed by atoms with Crippen LogP contribution in [0.3, 0.4) is 0 Å². The van der Waals surface area contributed by atoms with Crippen LogP contribution in [0.2, 0.25) is 0 Å². The molecule has 0 rings (SSSR count). The van der Waals surface area contributed by atoms with Gasteiger partial charge in [-0.15, -0.1) is 0 Å². The average Bonchev–Trinajstić information content (AvgIpc) is 2.16. The van der Waals surface area contributed by atoms with Gasteiger partial charge >= 0.3 is 0 Å². The van der Waals surface area contributed by atoms with Crippen LogP contribution < -0.4 is 5.73 Å². The zero-order valence-electron chi connectivity index (χ0n) is 10.3. The molecule has 0 spiro atoms. The Bertz CT molecular complexity index is 315. The Labute approximate surface area is 104 Å². The van der Waals surface area contributed by atoms with Gasteiger partial charge in [-0.05, 0) is 26.9 Å². The summed E-state index contributed by atoms with van der Waals surface area (Å²) in [6.07, 6.45) is 1.33. The number of sulfone groups is 1. The molecule has 0 aliphatic heterocycles. The molecular formula is C10H22N2O2S2. The first kappa shape index (κ1) is 15.8. The summed E-state index contributed by atoms with van der Waals surface area (Å²) < 4.78 is 22.5. The molecule has 0 aliphatic carbocycles. The SMILES string of the molecule is CCS(=O)(=O)CCCN(C)C(C)CC(N)=S. The largest absolute Gasteiger partial charge is 0.393 e. The number of rotatable bonds is 8. The molecule has 2 N–H and O–H groups in total. The van der Waals surface area contributed by atoms with Crippen LogP contribution in [0.1, 0.15) is 26.7 Å². The minimum Gasteiger partial charge on any atom is -0.393 e. The third-order valence-corrected chi connectivity index (χ3v) is 4.61. The lowest BCUT2D eigenvalue weighted by molar-refractivity contribution is 0.264. The second-order valence-corrected chi connectivity index (χ2v) is 7.09. The van der Waals surface area contributed by atoms with E-state index in [1.54, 1.807) is 6.92 Å². The van der Waals surface area contributed by atoms with Crippen LogP contribution in [0.4, 0.5) is 0 Å². The van der Waals surface area contributed by atoms with Gasteiger partial charge in [0, 0.05) is 18.2 Å². The molecule has 0 bridgehead atoms. The third kappa shape index (κ3) is 7.14. The van der Waals surface area contributed by atoms with Crippen molar-refractivity contribution in [2.45, 2.75) is 32.7 Å². The van der Waals surface area contributed by atoms with E-state index in [1.807, 2.05) is 14.0 Å². The zero-order valence-corrected chi connectivity index (χ0v) is 11.9. The van der Waals surface area contributed by atoms with Crippen molar-refractivity contribution in [3.05, 3.63) is 0 Å². The van der Waals surface area contributed by atoms with E-state index < -0.39 is 9.84 Å². The fourth-order valence-electron chi connectivity index (χ4n) is 1.35. The van der Waals surface area contributed by atoms with Crippen LogP contribution in [-0.4, -0.2) is 49.4 Å². The molecule has 0 amide bonds. The Morgan fingerprint density at radius 1 is 1.50 bits per heavy atom. The summed E-state index contributed by atoms with van der Waals surface area (Å²) in [5, 5.41) is 0. The van der Waals surface area contributed by atoms with Crippen molar-refractivity contribution in [1.82, 2.24) is 4.90 Å². The van der Waals surface area contributed by atoms with Gasteiger partial charge in [-0.1, -0.05) is 19.1 Å². The lowest BCUT2D eigenvalue weighted by atomic mass is 10.2. The van der Waals surface area contributed by atoms with E-state index in [9.17, 15) is 8.42 Å². The maximum Gasteiger partial charge on any atom is 0.150 e. The molecule has 4 nitrogen and oxygen atoms in total. The van der Waals surface area contributed by atoms with Crippen molar-refractivity contribution in [2.24, 2.45) is 5.73 Å². The molecule has 0 aromatic heterocycles. The predicted molar refractivity (Wildman–Crippen MR) is 72.4 cm³/mol. The molecule has 6 heteroatoms. The minimum atomic E-state index is -2.84. The summed E-state index contributed by atoms with van der Waals surface area (Å²) >= 11 is 4.84. The first-order valence-electron chi connectivity index (χ1n) is 5.47. The van der Waals surface area contributed by atoms with Gasteiger partial charge in [0.05, 0.1) is 10.7 Å². The predicted octanol–water partition coefficient (Wildman–Crippen LogP) is 0.808. The van der Waals surface area contributed by atoms with E-state index in [0.29, 0.717) is 17.8 Å². The molecule has 1 unspecified atom stereocenters. The van der Waals surface area contributed by atoms with E-state index >= 15 is 0 Å². The maximum atomic E-state index is 11.3. The molecule has 0 aromatic rings. The third-order valence-electron chi connectivity index (χ3n) is 2.66. The van der Waals surface area contributed by atoms with Crippen LogP contribution in [0.25, 0.3) is 0 Å². The highest BCUT2D eigenvalue weighted by atomic mass is 32.2. The fourth-order valence-corrected chi connectivity index (χ4v) is 2.44. The van der Waals surface area contributed by atoms with Gasteiger partial charge in [-0.2, -0.15) is 0 Å². The van der Waals surface area contributed by atoms with Crippen molar-refractivity contribution < 1.29 is 8.42 Å². The minimum absolute atomic E-state index is 0.221. The zero-order chi connectivity index (χ0) is 12.8. The van der Waals surface area contributed by atoms with E-state index in [4.69, 9.17) is 18.0 Å². The van der Waals surface area contributed by atoms with Crippen LogP contribution in [0.5, 0.6) is 0 Å². The Kier molecular flexibility index (Phi) is 7.10. The quantitative estimate of drug-likeness (QED) is 0.659. The molecule has 96 valence electrons. The Balaban J connectivity index is 3.90. The Hall–Kier alpha value is -0.200. The second kappa shape index (κ2) is 7.19. The average molecular weight is 266 g/mol. The van der Waals surface area contributed by atoms with Crippen LogP contribution >= 0.6 is 12.2 Å². The molecule has 0 saturated carbocycles. The molecule has 0 fully saturated rings. The normalized spacial score (nSPS) is 14.0. The van der Waals surface area contributed by atoms with E-state index in [0.717, 1.165) is 6.54 Å².